The van der Waals surface area contributed by atoms with Crippen LogP contribution in [-0.4, -0.2) is 44.7 Å². The largest absolute Gasteiger partial charge is 0.491 e. The number of rotatable bonds is 8. The van der Waals surface area contributed by atoms with Crippen LogP contribution in [0.5, 0.6) is 5.75 Å². The van der Waals surface area contributed by atoms with Gasteiger partial charge in [0.2, 0.25) is 5.79 Å². The SMILES string of the molecule is CSc1nc(-c2ccc(OCC3COC(Cn4ccnc4)(c4ccc(Cl)cc4Cl)O3)cc2)cn1C. The minimum atomic E-state index is -1.08. The Bertz CT molecular complexity index is 1300. The molecule has 0 bridgehead atoms. The van der Waals surface area contributed by atoms with Crippen LogP contribution in [0.1, 0.15) is 5.56 Å². The molecule has 0 aliphatic carbocycles. The predicted molar refractivity (Wildman–Crippen MR) is 137 cm³/mol. The van der Waals surface area contributed by atoms with Gasteiger partial charge in [-0.1, -0.05) is 41.0 Å². The molecule has 0 amide bonds. The minimum absolute atomic E-state index is 0.287. The van der Waals surface area contributed by atoms with Crippen LogP contribution in [0.2, 0.25) is 10.0 Å². The summed E-state index contributed by atoms with van der Waals surface area (Å²) in [4.78, 5) is 8.77. The second-order valence-corrected chi connectivity index (χ2v) is 9.84. The zero-order chi connectivity index (χ0) is 24.4. The highest BCUT2D eigenvalue weighted by Crippen LogP contribution is 2.40. The summed E-state index contributed by atoms with van der Waals surface area (Å²) in [6, 6.07) is 13.2. The first-order valence-corrected chi connectivity index (χ1v) is 13.0. The summed E-state index contributed by atoms with van der Waals surface area (Å²) in [7, 11) is 1.99. The first-order valence-electron chi connectivity index (χ1n) is 11.0. The topological polar surface area (TPSA) is 63.3 Å². The third-order valence-corrected chi connectivity index (χ3v) is 7.05. The fourth-order valence-corrected chi connectivity index (χ4v) is 5.15. The van der Waals surface area contributed by atoms with Crippen LogP contribution in [-0.2, 0) is 28.9 Å². The molecule has 3 heterocycles. The Labute approximate surface area is 217 Å². The molecule has 10 heteroatoms. The lowest BCUT2D eigenvalue weighted by Gasteiger charge is -2.30. The maximum absolute atomic E-state index is 6.54. The highest BCUT2D eigenvalue weighted by Gasteiger charge is 2.45. The van der Waals surface area contributed by atoms with E-state index in [1.54, 1.807) is 36.4 Å². The van der Waals surface area contributed by atoms with Gasteiger partial charge >= 0.3 is 0 Å². The van der Waals surface area contributed by atoms with E-state index in [4.69, 9.17) is 37.4 Å². The van der Waals surface area contributed by atoms with Crippen molar-refractivity contribution in [3.05, 3.63) is 83.0 Å². The van der Waals surface area contributed by atoms with Gasteiger partial charge in [0.25, 0.3) is 0 Å². The molecule has 0 N–H and O–H groups in total. The summed E-state index contributed by atoms with van der Waals surface area (Å²) in [5.41, 5.74) is 2.68. The molecule has 2 aromatic carbocycles. The van der Waals surface area contributed by atoms with Gasteiger partial charge in [-0.3, -0.25) is 0 Å². The third-order valence-electron chi connectivity index (χ3n) is 5.75. The summed E-state index contributed by atoms with van der Waals surface area (Å²) < 4.78 is 22.6. The van der Waals surface area contributed by atoms with E-state index in [1.165, 1.54) is 0 Å². The fraction of sp³-hybridized carbons (Fsp3) is 0.280. The second-order valence-electron chi connectivity index (χ2n) is 8.22. The molecule has 0 spiro atoms. The highest BCUT2D eigenvalue weighted by molar-refractivity contribution is 7.98. The molecule has 0 saturated carbocycles. The Morgan fingerprint density at radius 1 is 1.20 bits per heavy atom. The lowest BCUT2D eigenvalue weighted by atomic mass is 10.1. The van der Waals surface area contributed by atoms with Gasteiger partial charge in [0.15, 0.2) is 5.16 Å². The summed E-state index contributed by atoms with van der Waals surface area (Å²) in [5, 5.41) is 2.00. The molecule has 35 heavy (non-hydrogen) atoms. The normalized spacial score (nSPS) is 19.8. The van der Waals surface area contributed by atoms with Crippen LogP contribution >= 0.6 is 35.0 Å². The van der Waals surface area contributed by atoms with Crippen LogP contribution in [0.25, 0.3) is 11.3 Å². The molecule has 1 aliphatic rings. The quantitative estimate of drug-likeness (QED) is 0.274. The predicted octanol–water partition coefficient (Wildman–Crippen LogP) is 5.66. The summed E-state index contributed by atoms with van der Waals surface area (Å²) in [6.45, 7) is 1.08. The average Bonchev–Trinajstić information content (AvgIpc) is 3.59. The van der Waals surface area contributed by atoms with Gasteiger partial charge in [0.05, 0.1) is 30.2 Å². The van der Waals surface area contributed by atoms with Gasteiger partial charge < -0.3 is 23.3 Å². The van der Waals surface area contributed by atoms with Crippen molar-refractivity contribution < 1.29 is 14.2 Å². The van der Waals surface area contributed by atoms with Gasteiger partial charge in [-0.05, 0) is 42.7 Å². The maximum atomic E-state index is 6.54. The van der Waals surface area contributed by atoms with Crippen LogP contribution < -0.4 is 4.74 Å². The molecule has 182 valence electrons. The van der Waals surface area contributed by atoms with Crippen LogP contribution in [0.3, 0.4) is 0 Å². The first-order chi connectivity index (χ1) is 17.0. The van der Waals surface area contributed by atoms with E-state index >= 15 is 0 Å². The van der Waals surface area contributed by atoms with E-state index < -0.39 is 5.79 Å². The number of halogens is 2. The van der Waals surface area contributed by atoms with Crippen molar-refractivity contribution in [3.8, 4) is 17.0 Å². The number of benzene rings is 2. The number of aryl methyl sites for hydroxylation is 1. The van der Waals surface area contributed by atoms with Crippen molar-refractivity contribution in [2.75, 3.05) is 19.5 Å². The van der Waals surface area contributed by atoms with Crippen molar-refractivity contribution in [1.29, 1.82) is 0 Å². The minimum Gasteiger partial charge on any atom is -0.491 e. The summed E-state index contributed by atoms with van der Waals surface area (Å²) in [5.74, 6) is -0.330. The van der Waals surface area contributed by atoms with Crippen LogP contribution in [0.4, 0.5) is 0 Å². The third kappa shape index (κ3) is 5.22. The number of hydrogen-bond acceptors (Lipinski definition) is 6. The zero-order valence-electron chi connectivity index (χ0n) is 19.2. The smallest absolute Gasteiger partial charge is 0.215 e. The number of imidazole rings is 2. The molecule has 2 atom stereocenters. The summed E-state index contributed by atoms with van der Waals surface area (Å²) >= 11 is 14.3. The lowest BCUT2D eigenvalue weighted by Crippen LogP contribution is -2.34. The number of thioether (sulfide) groups is 1. The maximum Gasteiger partial charge on any atom is 0.215 e. The van der Waals surface area contributed by atoms with E-state index in [9.17, 15) is 0 Å². The van der Waals surface area contributed by atoms with Crippen molar-refractivity contribution in [2.45, 2.75) is 23.6 Å². The molecule has 0 radical (unpaired) electrons. The molecule has 1 saturated heterocycles. The Morgan fingerprint density at radius 3 is 2.71 bits per heavy atom. The average molecular weight is 531 g/mol. The Balaban J connectivity index is 1.28. The molecule has 4 aromatic rings. The monoisotopic (exact) mass is 530 g/mol. The van der Waals surface area contributed by atoms with Gasteiger partial charge in [0.1, 0.15) is 18.5 Å². The van der Waals surface area contributed by atoms with Crippen molar-refractivity contribution in [2.24, 2.45) is 7.05 Å². The molecule has 1 fully saturated rings. The summed E-state index contributed by atoms with van der Waals surface area (Å²) in [6.07, 6.45) is 9.03. The Kier molecular flexibility index (Phi) is 7.09. The Morgan fingerprint density at radius 2 is 2.03 bits per heavy atom. The molecule has 2 aromatic heterocycles. The number of hydrogen-bond donors (Lipinski definition) is 0. The number of ether oxygens (including phenoxy) is 3. The van der Waals surface area contributed by atoms with Gasteiger partial charge in [-0.15, -0.1) is 0 Å². The molecule has 2 unspecified atom stereocenters. The van der Waals surface area contributed by atoms with Crippen LogP contribution in [0, 0.1) is 0 Å². The van der Waals surface area contributed by atoms with E-state index in [0.29, 0.717) is 35.4 Å². The second kappa shape index (κ2) is 10.2. The number of aromatic nitrogens is 4. The molecule has 7 nitrogen and oxygen atoms in total. The standard InChI is InChI=1S/C25H24Cl2N4O3S/c1-30-12-23(29-24(30)35-2)17-3-6-19(7-4-17)32-13-20-14-33-25(34-20,15-31-10-9-28-16-31)21-8-5-18(26)11-22(21)27/h3-12,16,20H,13-15H2,1-2H3. The molecule has 5 rings (SSSR count). The first kappa shape index (κ1) is 24.2. The van der Waals surface area contributed by atoms with Crippen LogP contribution in [0.15, 0.2) is 72.5 Å². The molecular formula is C25H24Cl2N4O3S. The van der Waals surface area contributed by atoms with E-state index in [0.717, 1.165) is 22.2 Å². The van der Waals surface area contributed by atoms with E-state index in [2.05, 4.69) is 9.97 Å². The molecular weight excluding hydrogens is 507 g/mol. The van der Waals surface area contributed by atoms with Gasteiger partial charge in [-0.2, -0.15) is 0 Å². The lowest BCUT2D eigenvalue weighted by molar-refractivity contribution is -0.189. The Hall–Kier alpha value is -2.49. The molecule has 1 aliphatic heterocycles. The number of nitrogens with zero attached hydrogens (tertiary/aromatic N) is 4. The van der Waals surface area contributed by atoms with Gasteiger partial charge in [0, 0.05) is 41.8 Å². The fourth-order valence-electron chi connectivity index (χ4n) is 4.06. The van der Waals surface area contributed by atoms with E-state index in [-0.39, 0.29) is 6.10 Å². The highest BCUT2D eigenvalue weighted by atomic mass is 35.5. The van der Waals surface area contributed by atoms with E-state index in [1.807, 2.05) is 65.2 Å². The van der Waals surface area contributed by atoms with Crippen molar-refractivity contribution >= 4 is 35.0 Å². The van der Waals surface area contributed by atoms with Crippen molar-refractivity contribution in [1.82, 2.24) is 19.1 Å². The van der Waals surface area contributed by atoms with Gasteiger partial charge in [-0.25, -0.2) is 9.97 Å². The zero-order valence-corrected chi connectivity index (χ0v) is 21.6. The van der Waals surface area contributed by atoms with Crippen molar-refractivity contribution in [3.63, 3.8) is 0 Å².